The van der Waals surface area contributed by atoms with Gasteiger partial charge >= 0.3 is 0 Å². The number of anilines is 2. The number of hydrogen-bond acceptors (Lipinski definition) is 5. The quantitative estimate of drug-likeness (QED) is 0.688. The highest BCUT2D eigenvalue weighted by atomic mass is 19.1. The number of rotatable bonds is 6. The largest absolute Gasteiger partial charge is 0.497 e. The molecule has 2 aromatic rings. The van der Waals surface area contributed by atoms with E-state index >= 15 is 0 Å². The molecule has 2 aliphatic rings. The van der Waals surface area contributed by atoms with Gasteiger partial charge in [-0.05, 0) is 37.1 Å². The first-order valence-corrected chi connectivity index (χ1v) is 10.7. The lowest BCUT2D eigenvalue weighted by Gasteiger charge is -2.35. The van der Waals surface area contributed by atoms with Crippen molar-refractivity contribution in [2.75, 3.05) is 36.5 Å². The van der Waals surface area contributed by atoms with Gasteiger partial charge in [0.2, 0.25) is 0 Å². The summed E-state index contributed by atoms with van der Waals surface area (Å²) in [5.41, 5.74) is 1.67. The minimum absolute atomic E-state index is 0.0908. The zero-order chi connectivity index (χ0) is 20.9. The predicted octanol–water partition coefficient (Wildman–Crippen LogP) is 4.76. The molecule has 2 saturated heterocycles. The molecule has 0 N–H and O–H groups in total. The van der Waals surface area contributed by atoms with Gasteiger partial charge in [0.05, 0.1) is 31.0 Å². The summed E-state index contributed by atoms with van der Waals surface area (Å²) < 4.78 is 26.0. The molecule has 1 unspecified atom stereocenters. The first-order valence-electron chi connectivity index (χ1n) is 10.7. The Kier molecular flexibility index (Phi) is 6.27. The fraction of sp³-hybridized carbons (Fsp3) is 0.458. The minimum atomic E-state index is -0.224. The van der Waals surface area contributed by atoms with Gasteiger partial charge in [0.15, 0.2) is 0 Å². The number of halogens is 1. The lowest BCUT2D eigenvalue weighted by molar-refractivity contribution is 0.171. The van der Waals surface area contributed by atoms with E-state index < -0.39 is 0 Å². The van der Waals surface area contributed by atoms with Crippen LogP contribution < -0.4 is 19.3 Å². The molecule has 2 aromatic carbocycles. The summed E-state index contributed by atoms with van der Waals surface area (Å²) in [5.74, 6) is 1.32. The summed E-state index contributed by atoms with van der Waals surface area (Å²) in [6.45, 7) is 2.43. The van der Waals surface area contributed by atoms with Crippen LogP contribution in [0.1, 0.15) is 32.1 Å². The van der Waals surface area contributed by atoms with E-state index in [0.29, 0.717) is 17.9 Å². The lowest BCUT2D eigenvalue weighted by Crippen LogP contribution is -2.39. The van der Waals surface area contributed by atoms with Crippen LogP contribution in [0.25, 0.3) is 0 Å². The number of nitriles is 1. The van der Waals surface area contributed by atoms with Crippen LogP contribution in [-0.4, -0.2) is 38.9 Å². The van der Waals surface area contributed by atoms with Crippen molar-refractivity contribution >= 4 is 11.4 Å². The van der Waals surface area contributed by atoms with Crippen LogP contribution in [0.5, 0.6) is 11.5 Å². The molecule has 0 radical (unpaired) electrons. The van der Waals surface area contributed by atoms with Crippen LogP contribution in [0.3, 0.4) is 0 Å². The standard InChI is InChI=1S/C24H28FN3O2/c1-29-20-8-9-21(25)23(17-20)27-15-11-19(12-16-27)30-24-7-3-2-6-22(24)28-14-4-5-18(28)10-13-26/h2-3,6-9,17-19H,4-5,10-12,14-16H2,1H3. The van der Waals surface area contributed by atoms with Crippen molar-refractivity contribution in [3.05, 3.63) is 48.3 Å². The van der Waals surface area contributed by atoms with Gasteiger partial charge in [0.25, 0.3) is 0 Å². The molecular weight excluding hydrogens is 381 g/mol. The van der Waals surface area contributed by atoms with Crippen LogP contribution >= 0.6 is 0 Å². The first kappa shape index (κ1) is 20.3. The molecule has 2 aliphatic heterocycles. The molecule has 2 fully saturated rings. The van der Waals surface area contributed by atoms with E-state index in [4.69, 9.17) is 14.7 Å². The molecule has 158 valence electrons. The van der Waals surface area contributed by atoms with Crippen LogP contribution in [-0.2, 0) is 0 Å². The second-order valence-electron chi connectivity index (χ2n) is 7.94. The zero-order valence-electron chi connectivity index (χ0n) is 17.4. The Labute approximate surface area is 177 Å². The Morgan fingerprint density at radius 2 is 1.87 bits per heavy atom. The normalized spacial score (nSPS) is 19.6. The number of ether oxygens (including phenoxy) is 2. The third kappa shape index (κ3) is 4.30. The lowest BCUT2D eigenvalue weighted by atomic mass is 10.1. The summed E-state index contributed by atoms with van der Waals surface area (Å²) in [7, 11) is 1.59. The average molecular weight is 410 g/mol. The van der Waals surface area contributed by atoms with Crippen LogP contribution in [0.15, 0.2) is 42.5 Å². The first-order chi connectivity index (χ1) is 14.7. The van der Waals surface area contributed by atoms with E-state index in [0.717, 1.165) is 56.8 Å². The summed E-state index contributed by atoms with van der Waals surface area (Å²) in [4.78, 5) is 4.38. The zero-order valence-corrected chi connectivity index (χ0v) is 17.4. The molecule has 0 spiro atoms. The maximum Gasteiger partial charge on any atom is 0.146 e. The number of nitrogens with zero attached hydrogens (tertiary/aromatic N) is 3. The Balaban J connectivity index is 1.42. The van der Waals surface area contributed by atoms with Crippen molar-refractivity contribution in [3.8, 4) is 17.6 Å². The van der Waals surface area contributed by atoms with E-state index in [9.17, 15) is 4.39 Å². The van der Waals surface area contributed by atoms with E-state index in [1.54, 1.807) is 19.2 Å². The Morgan fingerprint density at radius 3 is 2.63 bits per heavy atom. The van der Waals surface area contributed by atoms with Gasteiger partial charge in [-0.1, -0.05) is 12.1 Å². The smallest absolute Gasteiger partial charge is 0.146 e. The fourth-order valence-corrected chi connectivity index (χ4v) is 4.52. The monoisotopic (exact) mass is 409 g/mol. The highest BCUT2D eigenvalue weighted by Crippen LogP contribution is 2.36. The maximum atomic E-state index is 14.3. The molecule has 6 heteroatoms. The van der Waals surface area contributed by atoms with Gasteiger partial charge in [-0.2, -0.15) is 5.26 Å². The molecule has 0 aliphatic carbocycles. The molecular formula is C24H28FN3O2. The van der Waals surface area contributed by atoms with Crippen molar-refractivity contribution in [2.45, 2.75) is 44.2 Å². The third-order valence-corrected chi connectivity index (χ3v) is 6.11. The third-order valence-electron chi connectivity index (χ3n) is 6.11. The van der Waals surface area contributed by atoms with Crippen LogP contribution in [0.2, 0.25) is 0 Å². The summed E-state index contributed by atoms with van der Waals surface area (Å²) >= 11 is 0. The van der Waals surface area contributed by atoms with Crippen molar-refractivity contribution in [1.29, 1.82) is 5.26 Å². The molecule has 0 amide bonds. The Hall–Kier alpha value is -2.94. The molecule has 5 nitrogen and oxygen atoms in total. The highest BCUT2D eigenvalue weighted by molar-refractivity contribution is 5.60. The summed E-state index contributed by atoms with van der Waals surface area (Å²) in [5, 5.41) is 9.15. The summed E-state index contributed by atoms with van der Waals surface area (Å²) in [6, 6.07) is 15.6. The average Bonchev–Trinajstić information content (AvgIpc) is 3.23. The van der Waals surface area contributed by atoms with Crippen molar-refractivity contribution in [2.24, 2.45) is 0 Å². The van der Waals surface area contributed by atoms with Gasteiger partial charge in [0, 0.05) is 44.6 Å². The number of benzene rings is 2. The van der Waals surface area contributed by atoms with Crippen LogP contribution in [0, 0.1) is 17.1 Å². The van der Waals surface area contributed by atoms with Gasteiger partial charge in [-0.25, -0.2) is 4.39 Å². The highest BCUT2D eigenvalue weighted by Gasteiger charge is 2.28. The van der Waals surface area contributed by atoms with E-state index in [2.05, 4.69) is 21.9 Å². The van der Waals surface area contributed by atoms with Crippen molar-refractivity contribution in [3.63, 3.8) is 0 Å². The topological polar surface area (TPSA) is 48.7 Å². The van der Waals surface area contributed by atoms with E-state index in [1.165, 1.54) is 6.07 Å². The number of hydrogen-bond donors (Lipinski definition) is 0. The Bertz CT molecular complexity index is 906. The van der Waals surface area contributed by atoms with E-state index in [-0.39, 0.29) is 18.0 Å². The molecule has 4 rings (SSSR count). The second-order valence-corrected chi connectivity index (χ2v) is 7.94. The molecule has 0 saturated carbocycles. The predicted molar refractivity (Wildman–Crippen MR) is 116 cm³/mol. The summed E-state index contributed by atoms with van der Waals surface area (Å²) in [6.07, 6.45) is 4.43. The van der Waals surface area contributed by atoms with Gasteiger partial charge in [-0.15, -0.1) is 0 Å². The number of para-hydroxylation sites is 2. The second kappa shape index (κ2) is 9.25. The fourth-order valence-electron chi connectivity index (χ4n) is 4.52. The van der Waals surface area contributed by atoms with Gasteiger partial charge < -0.3 is 19.3 Å². The van der Waals surface area contributed by atoms with Crippen molar-refractivity contribution in [1.82, 2.24) is 0 Å². The maximum absolute atomic E-state index is 14.3. The minimum Gasteiger partial charge on any atom is -0.497 e. The molecule has 2 heterocycles. The number of methoxy groups -OCH3 is 1. The molecule has 0 aromatic heterocycles. The van der Waals surface area contributed by atoms with E-state index in [1.807, 2.05) is 18.2 Å². The van der Waals surface area contributed by atoms with Gasteiger partial charge in [0.1, 0.15) is 23.4 Å². The number of piperidine rings is 1. The molecule has 1 atom stereocenters. The van der Waals surface area contributed by atoms with Crippen LogP contribution in [0.4, 0.5) is 15.8 Å². The van der Waals surface area contributed by atoms with Gasteiger partial charge in [-0.3, -0.25) is 0 Å². The van der Waals surface area contributed by atoms with Crippen molar-refractivity contribution < 1.29 is 13.9 Å². The SMILES string of the molecule is COc1ccc(F)c(N2CCC(Oc3ccccc3N3CCCC3CC#N)CC2)c1. The molecule has 30 heavy (non-hydrogen) atoms. The molecule has 0 bridgehead atoms. The Morgan fingerprint density at radius 1 is 1.07 bits per heavy atom.